The van der Waals surface area contributed by atoms with Crippen LogP contribution in [0.2, 0.25) is 0 Å². The third-order valence-electron chi connectivity index (χ3n) is 2.88. The van der Waals surface area contributed by atoms with Gasteiger partial charge in [0, 0.05) is 5.92 Å². The highest BCUT2D eigenvalue weighted by atomic mass is 19.3. The van der Waals surface area contributed by atoms with Gasteiger partial charge in [-0.2, -0.15) is 0 Å². The van der Waals surface area contributed by atoms with Crippen molar-refractivity contribution in [1.82, 2.24) is 4.98 Å². The molecule has 1 aromatic heterocycles. The standard InChI is InChI=1S/C10H11F2NO3/c1-10(2)3-4(10)8-13-5(7(11)12)6(16-8)9(14)15/h4,7H,3H2,1-2H3,(H,14,15). The van der Waals surface area contributed by atoms with E-state index in [-0.39, 0.29) is 17.2 Å². The lowest BCUT2D eigenvalue weighted by atomic mass is 10.1. The van der Waals surface area contributed by atoms with Crippen molar-refractivity contribution in [3.8, 4) is 0 Å². The molecule has 1 fully saturated rings. The Morgan fingerprint density at radius 3 is 2.50 bits per heavy atom. The maximum absolute atomic E-state index is 12.5. The van der Waals surface area contributed by atoms with Crippen LogP contribution in [0.5, 0.6) is 0 Å². The maximum atomic E-state index is 12.5. The predicted octanol–water partition coefficient (Wildman–Crippen LogP) is 2.82. The van der Waals surface area contributed by atoms with Gasteiger partial charge in [0.15, 0.2) is 11.6 Å². The van der Waals surface area contributed by atoms with Crippen molar-refractivity contribution in [2.24, 2.45) is 5.41 Å². The van der Waals surface area contributed by atoms with Gasteiger partial charge in [0.2, 0.25) is 5.76 Å². The number of rotatable bonds is 3. The molecule has 1 aliphatic carbocycles. The van der Waals surface area contributed by atoms with E-state index >= 15 is 0 Å². The number of alkyl halides is 2. The second-order valence-electron chi connectivity index (χ2n) is 4.62. The van der Waals surface area contributed by atoms with Gasteiger partial charge in [0.1, 0.15) is 0 Å². The Morgan fingerprint density at radius 1 is 1.62 bits per heavy atom. The Hall–Kier alpha value is -1.46. The Balaban J connectivity index is 2.36. The maximum Gasteiger partial charge on any atom is 0.374 e. The highest BCUT2D eigenvalue weighted by Gasteiger charge is 2.50. The topological polar surface area (TPSA) is 63.3 Å². The molecule has 1 aromatic rings. The first kappa shape index (κ1) is 11.0. The van der Waals surface area contributed by atoms with Gasteiger partial charge in [0.05, 0.1) is 0 Å². The van der Waals surface area contributed by atoms with Gasteiger partial charge in [-0.3, -0.25) is 0 Å². The van der Waals surface area contributed by atoms with Crippen LogP contribution in [0.1, 0.15) is 54.8 Å². The van der Waals surface area contributed by atoms with Gasteiger partial charge in [0.25, 0.3) is 6.43 Å². The van der Waals surface area contributed by atoms with Crippen molar-refractivity contribution in [2.75, 3.05) is 0 Å². The number of halogens is 2. The molecule has 88 valence electrons. The summed E-state index contributed by atoms with van der Waals surface area (Å²) in [6, 6.07) is 0. The van der Waals surface area contributed by atoms with Crippen LogP contribution in [0.3, 0.4) is 0 Å². The third-order valence-corrected chi connectivity index (χ3v) is 2.88. The summed E-state index contributed by atoms with van der Waals surface area (Å²) in [5.41, 5.74) is -0.815. The molecular weight excluding hydrogens is 220 g/mol. The average Bonchev–Trinajstić information content (AvgIpc) is 2.64. The van der Waals surface area contributed by atoms with E-state index in [2.05, 4.69) is 4.98 Å². The molecule has 1 N–H and O–H groups in total. The number of nitrogens with zero attached hydrogens (tertiary/aromatic N) is 1. The molecule has 1 aliphatic rings. The summed E-state index contributed by atoms with van der Waals surface area (Å²) in [7, 11) is 0. The van der Waals surface area contributed by atoms with Gasteiger partial charge in [-0.1, -0.05) is 13.8 Å². The second-order valence-corrected chi connectivity index (χ2v) is 4.62. The zero-order valence-corrected chi connectivity index (χ0v) is 8.83. The molecule has 0 aromatic carbocycles. The van der Waals surface area contributed by atoms with Crippen molar-refractivity contribution in [3.63, 3.8) is 0 Å². The molecule has 1 heterocycles. The molecule has 0 amide bonds. The van der Waals surface area contributed by atoms with Crippen LogP contribution in [0.4, 0.5) is 8.78 Å². The smallest absolute Gasteiger partial charge is 0.374 e. The summed E-state index contributed by atoms with van der Waals surface area (Å²) in [4.78, 5) is 14.3. The number of carboxylic acid groups (broad SMARTS) is 1. The van der Waals surface area contributed by atoms with Crippen LogP contribution in [0.15, 0.2) is 4.42 Å². The van der Waals surface area contributed by atoms with E-state index in [1.807, 2.05) is 13.8 Å². The van der Waals surface area contributed by atoms with E-state index < -0.39 is 23.8 Å². The SMILES string of the molecule is CC1(C)CC1c1nc(C(F)F)c(C(=O)O)o1. The van der Waals surface area contributed by atoms with Crippen LogP contribution in [0, 0.1) is 5.41 Å². The Morgan fingerprint density at radius 2 is 2.19 bits per heavy atom. The summed E-state index contributed by atoms with van der Waals surface area (Å²) in [6.07, 6.45) is -2.15. The fourth-order valence-electron chi connectivity index (χ4n) is 1.69. The quantitative estimate of drug-likeness (QED) is 0.868. The summed E-state index contributed by atoms with van der Waals surface area (Å²) < 4.78 is 29.9. The lowest BCUT2D eigenvalue weighted by Crippen LogP contribution is -1.99. The second kappa shape index (κ2) is 3.26. The molecule has 0 spiro atoms. The predicted molar refractivity (Wildman–Crippen MR) is 49.6 cm³/mol. The van der Waals surface area contributed by atoms with Crippen molar-refractivity contribution >= 4 is 5.97 Å². The van der Waals surface area contributed by atoms with Crippen LogP contribution in [-0.2, 0) is 0 Å². The van der Waals surface area contributed by atoms with E-state index in [1.54, 1.807) is 0 Å². The third kappa shape index (κ3) is 1.68. The number of carbonyl (C=O) groups is 1. The minimum absolute atomic E-state index is 0.0416. The average molecular weight is 231 g/mol. The summed E-state index contributed by atoms with van der Waals surface area (Å²) in [6.45, 7) is 3.90. The number of aromatic carboxylic acids is 1. The van der Waals surface area contributed by atoms with Gasteiger partial charge in [-0.25, -0.2) is 18.6 Å². The number of hydrogen-bond acceptors (Lipinski definition) is 3. The largest absolute Gasteiger partial charge is 0.475 e. The molecule has 0 saturated heterocycles. The minimum Gasteiger partial charge on any atom is -0.475 e. The Kier molecular flexibility index (Phi) is 2.25. The molecule has 1 saturated carbocycles. The lowest BCUT2D eigenvalue weighted by Gasteiger charge is -1.96. The molecule has 16 heavy (non-hydrogen) atoms. The first-order valence-corrected chi connectivity index (χ1v) is 4.85. The summed E-state index contributed by atoms with van der Waals surface area (Å²) >= 11 is 0. The van der Waals surface area contributed by atoms with Crippen LogP contribution < -0.4 is 0 Å². The molecule has 1 unspecified atom stereocenters. The summed E-state index contributed by atoms with van der Waals surface area (Å²) in [5.74, 6) is -2.20. The molecular formula is C10H11F2NO3. The van der Waals surface area contributed by atoms with E-state index in [9.17, 15) is 13.6 Å². The highest BCUT2D eigenvalue weighted by molar-refractivity contribution is 5.85. The number of oxazole rings is 1. The fraction of sp³-hybridized carbons (Fsp3) is 0.600. The van der Waals surface area contributed by atoms with E-state index in [4.69, 9.17) is 9.52 Å². The highest BCUT2D eigenvalue weighted by Crippen LogP contribution is 2.58. The number of aromatic nitrogens is 1. The molecule has 0 bridgehead atoms. The zero-order chi connectivity index (χ0) is 12.1. The van der Waals surface area contributed by atoms with E-state index in [1.165, 1.54) is 0 Å². The number of carboxylic acids is 1. The lowest BCUT2D eigenvalue weighted by molar-refractivity contribution is 0.0644. The first-order chi connectivity index (χ1) is 7.33. The van der Waals surface area contributed by atoms with Crippen molar-refractivity contribution in [2.45, 2.75) is 32.6 Å². The van der Waals surface area contributed by atoms with Crippen molar-refractivity contribution in [1.29, 1.82) is 0 Å². The Labute approximate surface area is 90.3 Å². The van der Waals surface area contributed by atoms with Gasteiger partial charge < -0.3 is 9.52 Å². The molecule has 6 heteroatoms. The Bertz CT molecular complexity index is 439. The van der Waals surface area contributed by atoms with Gasteiger partial charge >= 0.3 is 5.97 Å². The number of hydrogen-bond donors (Lipinski definition) is 1. The molecule has 0 radical (unpaired) electrons. The van der Waals surface area contributed by atoms with Crippen LogP contribution in [0.25, 0.3) is 0 Å². The monoisotopic (exact) mass is 231 g/mol. The normalized spacial score (nSPS) is 22.4. The van der Waals surface area contributed by atoms with E-state index in [0.29, 0.717) is 0 Å². The zero-order valence-electron chi connectivity index (χ0n) is 8.83. The van der Waals surface area contributed by atoms with Crippen molar-refractivity contribution in [3.05, 3.63) is 17.3 Å². The molecule has 1 atom stereocenters. The molecule has 2 rings (SSSR count). The molecule has 0 aliphatic heterocycles. The summed E-state index contributed by atoms with van der Waals surface area (Å²) in [5, 5.41) is 8.69. The van der Waals surface area contributed by atoms with Crippen LogP contribution >= 0.6 is 0 Å². The van der Waals surface area contributed by atoms with Crippen molar-refractivity contribution < 1.29 is 23.1 Å². The first-order valence-electron chi connectivity index (χ1n) is 4.85. The minimum atomic E-state index is -2.93. The molecule has 4 nitrogen and oxygen atoms in total. The van der Waals surface area contributed by atoms with Gasteiger partial charge in [-0.05, 0) is 11.8 Å². The van der Waals surface area contributed by atoms with Gasteiger partial charge in [-0.15, -0.1) is 0 Å². The van der Waals surface area contributed by atoms with E-state index in [0.717, 1.165) is 6.42 Å². The van der Waals surface area contributed by atoms with Crippen LogP contribution in [-0.4, -0.2) is 16.1 Å². The fourth-order valence-corrected chi connectivity index (χ4v) is 1.69.